The van der Waals surface area contributed by atoms with Gasteiger partial charge in [-0.3, -0.25) is 4.90 Å². The average molecular weight is 256 g/mol. The molecule has 1 fully saturated rings. The molecule has 0 amide bonds. The molecule has 1 aromatic rings. The van der Waals surface area contributed by atoms with Crippen molar-refractivity contribution in [2.24, 2.45) is 0 Å². The van der Waals surface area contributed by atoms with Crippen LogP contribution in [0.3, 0.4) is 0 Å². The predicted molar refractivity (Wildman–Crippen MR) is 68.9 cm³/mol. The Bertz CT molecular complexity index is 344. The second kappa shape index (κ2) is 6.24. The lowest BCUT2D eigenvalue weighted by Gasteiger charge is -2.26. The van der Waals surface area contributed by atoms with Gasteiger partial charge in [0.1, 0.15) is 12.4 Å². The molecule has 17 heavy (non-hydrogen) atoms. The Morgan fingerprint density at radius 2 is 2.12 bits per heavy atom. The van der Waals surface area contributed by atoms with Gasteiger partial charge < -0.3 is 9.47 Å². The topological polar surface area (TPSA) is 21.7 Å². The minimum Gasteiger partial charge on any atom is -0.490 e. The lowest BCUT2D eigenvalue weighted by atomic mass is 10.2. The molecular weight excluding hydrogens is 238 g/mol. The highest BCUT2D eigenvalue weighted by Gasteiger charge is 2.10. The molecule has 0 unspecified atom stereocenters. The highest BCUT2D eigenvalue weighted by molar-refractivity contribution is 6.32. The van der Waals surface area contributed by atoms with Crippen LogP contribution in [-0.4, -0.2) is 44.4 Å². The summed E-state index contributed by atoms with van der Waals surface area (Å²) in [4.78, 5) is 2.34. The zero-order valence-corrected chi connectivity index (χ0v) is 10.9. The maximum atomic E-state index is 6.09. The lowest BCUT2D eigenvalue weighted by Crippen LogP contribution is -2.38. The molecule has 1 aromatic carbocycles. The lowest BCUT2D eigenvalue weighted by molar-refractivity contribution is 0.0322. The zero-order chi connectivity index (χ0) is 12.1. The Hall–Kier alpha value is -0.770. The Labute approximate surface area is 107 Å². The van der Waals surface area contributed by atoms with Crippen LogP contribution >= 0.6 is 11.6 Å². The highest BCUT2D eigenvalue weighted by Crippen LogP contribution is 2.27. The molecule has 94 valence electrons. The van der Waals surface area contributed by atoms with Gasteiger partial charge in [-0.15, -0.1) is 0 Å². The van der Waals surface area contributed by atoms with E-state index in [4.69, 9.17) is 21.1 Å². The summed E-state index contributed by atoms with van der Waals surface area (Å²) in [5.41, 5.74) is 1.08. The van der Waals surface area contributed by atoms with Crippen molar-refractivity contribution in [2.75, 3.05) is 39.5 Å². The van der Waals surface area contributed by atoms with E-state index in [-0.39, 0.29) is 0 Å². The molecule has 1 heterocycles. The van der Waals surface area contributed by atoms with Crippen LogP contribution in [0.15, 0.2) is 18.2 Å². The van der Waals surface area contributed by atoms with Crippen molar-refractivity contribution >= 4 is 11.6 Å². The van der Waals surface area contributed by atoms with Gasteiger partial charge in [0.2, 0.25) is 0 Å². The van der Waals surface area contributed by atoms with Crippen molar-refractivity contribution in [2.45, 2.75) is 6.92 Å². The van der Waals surface area contributed by atoms with Crippen molar-refractivity contribution in [1.82, 2.24) is 4.90 Å². The highest BCUT2D eigenvalue weighted by atomic mass is 35.5. The smallest absolute Gasteiger partial charge is 0.140 e. The Balaban J connectivity index is 1.81. The molecule has 0 bridgehead atoms. The molecule has 0 aromatic heterocycles. The number of ether oxygens (including phenoxy) is 2. The van der Waals surface area contributed by atoms with Gasteiger partial charge in [-0.25, -0.2) is 0 Å². The van der Waals surface area contributed by atoms with Crippen LogP contribution in [0.4, 0.5) is 0 Å². The molecular formula is C13H18ClNO2. The molecule has 0 aliphatic carbocycles. The normalized spacial score (nSPS) is 17.1. The first-order chi connectivity index (χ1) is 8.27. The first kappa shape index (κ1) is 12.7. The maximum absolute atomic E-state index is 6.09. The van der Waals surface area contributed by atoms with Crippen molar-refractivity contribution in [3.8, 4) is 5.75 Å². The van der Waals surface area contributed by atoms with Gasteiger partial charge in [0.25, 0.3) is 0 Å². The largest absolute Gasteiger partial charge is 0.490 e. The molecule has 1 aliphatic rings. The fourth-order valence-corrected chi connectivity index (χ4v) is 2.18. The van der Waals surface area contributed by atoms with E-state index >= 15 is 0 Å². The van der Waals surface area contributed by atoms with Gasteiger partial charge >= 0.3 is 0 Å². The number of nitrogens with zero attached hydrogens (tertiary/aromatic N) is 1. The van der Waals surface area contributed by atoms with Crippen LogP contribution in [0.1, 0.15) is 5.56 Å². The summed E-state index contributed by atoms with van der Waals surface area (Å²) in [6.07, 6.45) is 0. The Kier molecular flexibility index (Phi) is 4.66. The van der Waals surface area contributed by atoms with E-state index in [1.54, 1.807) is 0 Å². The number of hydrogen-bond acceptors (Lipinski definition) is 3. The summed E-state index contributed by atoms with van der Waals surface area (Å²) >= 11 is 6.09. The van der Waals surface area contributed by atoms with E-state index < -0.39 is 0 Å². The van der Waals surface area contributed by atoms with Crippen LogP contribution in [-0.2, 0) is 4.74 Å². The molecule has 0 saturated carbocycles. The van der Waals surface area contributed by atoms with E-state index in [1.165, 1.54) is 0 Å². The van der Waals surface area contributed by atoms with Crippen LogP contribution < -0.4 is 4.74 Å². The molecule has 4 heteroatoms. The summed E-state index contributed by atoms with van der Waals surface area (Å²) in [5.74, 6) is 0.808. The summed E-state index contributed by atoms with van der Waals surface area (Å²) in [6, 6.07) is 5.81. The zero-order valence-electron chi connectivity index (χ0n) is 10.1. The molecule has 2 rings (SSSR count). The first-order valence-corrected chi connectivity index (χ1v) is 6.33. The van der Waals surface area contributed by atoms with E-state index in [1.807, 2.05) is 25.1 Å². The van der Waals surface area contributed by atoms with E-state index in [0.717, 1.165) is 44.2 Å². The third-order valence-electron chi connectivity index (χ3n) is 2.92. The molecule has 0 spiro atoms. The van der Waals surface area contributed by atoms with Gasteiger partial charge in [-0.2, -0.15) is 0 Å². The number of rotatable bonds is 4. The summed E-state index contributed by atoms with van der Waals surface area (Å²) in [6.45, 7) is 7.24. The van der Waals surface area contributed by atoms with Gasteiger partial charge in [-0.1, -0.05) is 23.7 Å². The fourth-order valence-electron chi connectivity index (χ4n) is 1.90. The number of halogens is 1. The minimum absolute atomic E-state index is 0.671. The van der Waals surface area contributed by atoms with Crippen molar-refractivity contribution in [3.63, 3.8) is 0 Å². The molecule has 3 nitrogen and oxygen atoms in total. The van der Waals surface area contributed by atoms with Crippen LogP contribution in [0.25, 0.3) is 0 Å². The summed E-state index contributed by atoms with van der Waals surface area (Å²) in [7, 11) is 0. The first-order valence-electron chi connectivity index (χ1n) is 5.95. The molecule has 1 saturated heterocycles. The van der Waals surface area contributed by atoms with Gasteiger partial charge in [0.05, 0.1) is 18.2 Å². The molecule has 0 atom stereocenters. The number of benzene rings is 1. The monoisotopic (exact) mass is 255 g/mol. The van der Waals surface area contributed by atoms with Crippen molar-refractivity contribution in [3.05, 3.63) is 28.8 Å². The summed E-state index contributed by atoms with van der Waals surface area (Å²) in [5, 5.41) is 0.687. The second-order valence-corrected chi connectivity index (χ2v) is 4.60. The third-order valence-corrected chi connectivity index (χ3v) is 3.22. The molecule has 1 aliphatic heterocycles. The number of aryl methyl sites for hydroxylation is 1. The SMILES string of the molecule is Cc1cccc(Cl)c1OCCN1CCOCC1. The van der Waals surface area contributed by atoms with Crippen LogP contribution in [0.5, 0.6) is 5.75 Å². The maximum Gasteiger partial charge on any atom is 0.140 e. The predicted octanol–water partition coefficient (Wildman–Crippen LogP) is 2.36. The Morgan fingerprint density at radius 3 is 2.82 bits per heavy atom. The fraction of sp³-hybridized carbons (Fsp3) is 0.538. The van der Waals surface area contributed by atoms with Crippen LogP contribution in [0, 0.1) is 6.92 Å². The number of morpholine rings is 1. The molecule has 0 radical (unpaired) electrons. The van der Waals surface area contributed by atoms with Gasteiger partial charge in [-0.05, 0) is 18.6 Å². The standard InChI is InChI=1S/C13H18ClNO2/c1-11-3-2-4-12(14)13(11)17-10-7-15-5-8-16-9-6-15/h2-4H,5-10H2,1H3. The minimum atomic E-state index is 0.671. The number of hydrogen-bond donors (Lipinski definition) is 0. The second-order valence-electron chi connectivity index (χ2n) is 4.19. The molecule has 0 N–H and O–H groups in total. The van der Waals surface area contributed by atoms with Gasteiger partial charge in [0.15, 0.2) is 0 Å². The average Bonchev–Trinajstić information content (AvgIpc) is 2.34. The number of para-hydroxylation sites is 1. The van der Waals surface area contributed by atoms with Gasteiger partial charge in [0, 0.05) is 19.6 Å². The van der Waals surface area contributed by atoms with E-state index in [9.17, 15) is 0 Å². The van der Waals surface area contributed by atoms with Crippen LogP contribution in [0.2, 0.25) is 5.02 Å². The van der Waals surface area contributed by atoms with Crippen molar-refractivity contribution < 1.29 is 9.47 Å². The van der Waals surface area contributed by atoms with Crippen molar-refractivity contribution in [1.29, 1.82) is 0 Å². The van der Waals surface area contributed by atoms with E-state index in [2.05, 4.69) is 4.90 Å². The third kappa shape index (κ3) is 3.60. The summed E-state index contributed by atoms with van der Waals surface area (Å²) < 4.78 is 11.1. The Morgan fingerprint density at radius 1 is 1.35 bits per heavy atom. The quantitative estimate of drug-likeness (QED) is 0.825. The van der Waals surface area contributed by atoms with E-state index in [0.29, 0.717) is 11.6 Å².